The van der Waals surface area contributed by atoms with Crippen LogP contribution in [0, 0.1) is 0 Å². The van der Waals surface area contributed by atoms with E-state index in [9.17, 15) is 14.7 Å². The van der Waals surface area contributed by atoms with Crippen molar-refractivity contribution in [3.05, 3.63) is 89.1 Å². The molecule has 0 saturated heterocycles. The van der Waals surface area contributed by atoms with Crippen LogP contribution in [0.15, 0.2) is 76.6 Å². The number of hydrogen-bond donors (Lipinski definition) is 1. The Hall–Kier alpha value is -3.91. The topological polar surface area (TPSA) is 92.9 Å². The van der Waals surface area contributed by atoms with E-state index < -0.39 is 23.5 Å². The number of amides is 1. The maximum absolute atomic E-state index is 13.3. The second-order valence-electron chi connectivity index (χ2n) is 7.80. The average molecular weight is 475 g/mol. The van der Waals surface area contributed by atoms with Crippen molar-refractivity contribution in [2.75, 3.05) is 11.5 Å². The highest BCUT2D eigenvalue weighted by Gasteiger charge is 2.46. The van der Waals surface area contributed by atoms with Crippen molar-refractivity contribution in [1.82, 2.24) is 4.98 Å². The van der Waals surface area contributed by atoms with Crippen LogP contribution < -0.4 is 9.64 Å². The number of Topliss-reactive ketones (excluding diaryl/α,β-unsaturated/α-hetero) is 1. The second kappa shape index (κ2) is 8.79. The van der Waals surface area contributed by atoms with Gasteiger partial charge in [0.05, 0.1) is 34.7 Å². The van der Waals surface area contributed by atoms with E-state index in [1.54, 1.807) is 30.3 Å². The van der Waals surface area contributed by atoms with E-state index in [0.717, 1.165) is 22.2 Å². The lowest BCUT2D eigenvalue weighted by atomic mass is 9.95. The van der Waals surface area contributed by atoms with Gasteiger partial charge in [0.1, 0.15) is 5.75 Å². The SMILES string of the molecule is CCOc1ccc(C2C(C(=O)c3ccco3)=C(O)C(=O)N2c2nc3ccc(CC)cc3s2)cc1. The van der Waals surface area contributed by atoms with E-state index in [-0.39, 0.29) is 11.3 Å². The molecule has 2 aromatic carbocycles. The standard InChI is InChI=1S/C26H22N2O5S/c1-3-15-7-12-18-20(14-15)34-26(27-18)28-22(16-8-10-17(11-9-16)32-4-2)21(24(30)25(28)31)23(29)19-6-5-13-33-19/h5-14,22,30H,3-4H2,1-2H3. The maximum atomic E-state index is 13.3. The fourth-order valence-electron chi connectivity index (χ4n) is 4.08. The normalized spacial score (nSPS) is 16.0. The summed E-state index contributed by atoms with van der Waals surface area (Å²) in [5, 5.41) is 11.3. The number of fused-ring (bicyclic) bond motifs is 1. The van der Waals surface area contributed by atoms with Crippen molar-refractivity contribution in [2.45, 2.75) is 26.3 Å². The number of aliphatic hydroxyl groups excluding tert-OH is 1. The van der Waals surface area contributed by atoms with Crippen molar-refractivity contribution in [3.63, 3.8) is 0 Å². The highest BCUT2D eigenvalue weighted by atomic mass is 32.1. The Bertz CT molecular complexity index is 1400. The number of carbonyl (C=O) groups excluding carboxylic acids is 2. The monoisotopic (exact) mass is 474 g/mol. The molecular formula is C26H22N2O5S. The lowest BCUT2D eigenvalue weighted by molar-refractivity contribution is -0.117. The number of carbonyl (C=O) groups is 2. The number of aliphatic hydroxyl groups is 1. The summed E-state index contributed by atoms with van der Waals surface area (Å²) in [6.45, 7) is 4.48. The van der Waals surface area contributed by atoms with E-state index in [1.807, 2.05) is 25.1 Å². The molecular weight excluding hydrogens is 452 g/mol. The Balaban J connectivity index is 1.64. The fourth-order valence-corrected chi connectivity index (χ4v) is 5.14. The molecule has 1 unspecified atom stereocenters. The smallest absolute Gasteiger partial charge is 0.296 e. The van der Waals surface area contributed by atoms with Crippen LogP contribution in [0.25, 0.3) is 10.2 Å². The molecule has 1 aliphatic rings. The van der Waals surface area contributed by atoms with Crippen LogP contribution in [0.3, 0.4) is 0 Å². The maximum Gasteiger partial charge on any atom is 0.296 e. The molecule has 8 heteroatoms. The van der Waals surface area contributed by atoms with Crippen LogP contribution >= 0.6 is 11.3 Å². The molecule has 1 N–H and O–H groups in total. The summed E-state index contributed by atoms with van der Waals surface area (Å²) in [4.78, 5) is 32.7. The summed E-state index contributed by atoms with van der Waals surface area (Å²) < 4.78 is 11.7. The Kier molecular flexibility index (Phi) is 5.67. The average Bonchev–Trinajstić information content (AvgIpc) is 3.58. The Morgan fingerprint density at radius 3 is 2.65 bits per heavy atom. The number of benzene rings is 2. The van der Waals surface area contributed by atoms with E-state index in [4.69, 9.17) is 9.15 Å². The summed E-state index contributed by atoms with van der Waals surface area (Å²) >= 11 is 1.35. The molecule has 5 rings (SSSR count). The van der Waals surface area contributed by atoms with Gasteiger partial charge in [-0.1, -0.05) is 36.5 Å². The lowest BCUT2D eigenvalue weighted by Crippen LogP contribution is -2.30. The number of rotatable bonds is 7. The molecule has 0 bridgehead atoms. The zero-order valence-corrected chi connectivity index (χ0v) is 19.5. The molecule has 0 saturated carbocycles. The van der Waals surface area contributed by atoms with Crippen LogP contribution in [0.5, 0.6) is 5.75 Å². The van der Waals surface area contributed by atoms with E-state index in [1.165, 1.54) is 28.6 Å². The number of aryl methyl sites for hydroxylation is 1. The first-order valence-electron chi connectivity index (χ1n) is 11.0. The number of hydrogen-bond acceptors (Lipinski definition) is 7. The van der Waals surface area contributed by atoms with Gasteiger partial charge in [0.2, 0.25) is 5.78 Å². The van der Waals surface area contributed by atoms with Gasteiger partial charge in [0, 0.05) is 0 Å². The highest BCUT2D eigenvalue weighted by molar-refractivity contribution is 7.22. The third kappa shape index (κ3) is 3.66. The third-order valence-electron chi connectivity index (χ3n) is 5.76. The van der Waals surface area contributed by atoms with Crippen LogP contribution in [-0.2, 0) is 11.2 Å². The molecule has 7 nitrogen and oxygen atoms in total. The van der Waals surface area contributed by atoms with Gasteiger partial charge in [-0.3, -0.25) is 14.5 Å². The van der Waals surface area contributed by atoms with Gasteiger partial charge in [-0.25, -0.2) is 4.98 Å². The zero-order valence-electron chi connectivity index (χ0n) is 18.6. The summed E-state index contributed by atoms with van der Waals surface area (Å²) in [5.41, 5.74) is 2.51. The number of furan rings is 1. The molecule has 34 heavy (non-hydrogen) atoms. The fraction of sp³-hybridized carbons (Fsp3) is 0.192. The molecule has 1 amide bonds. The summed E-state index contributed by atoms with van der Waals surface area (Å²) in [7, 11) is 0. The van der Waals surface area contributed by atoms with Crippen LogP contribution in [-0.4, -0.2) is 28.4 Å². The molecule has 172 valence electrons. The Morgan fingerprint density at radius 2 is 1.97 bits per heavy atom. The predicted molar refractivity (Wildman–Crippen MR) is 130 cm³/mol. The minimum atomic E-state index is -0.869. The quantitative estimate of drug-likeness (QED) is 0.349. The number of nitrogens with zero attached hydrogens (tertiary/aromatic N) is 2. The molecule has 0 aliphatic carbocycles. The summed E-state index contributed by atoms with van der Waals surface area (Å²) in [6, 6.07) is 15.3. The summed E-state index contributed by atoms with van der Waals surface area (Å²) in [5.74, 6) is -1.12. The van der Waals surface area contributed by atoms with Crippen molar-refractivity contribution in [1.29, 1.82) is 0 Å². The first-order valence-corrected chi connectivity index (χ1v) is 11.8. The van der Waals surface area contributed by atoms with Gasteiger partial charge in [-0.2, -0.15) is 0 Å². The molecule has 2 aromatic heterocycles. The van der Waals surface area contributed by atoms with Gasteiger partial charge in [-0.15, -0.1) is 0 Å². The highest BCUT2D eigenvalue weighted by Crippen LogP contribution is 2.44. The third-order valence-corrected chi connectivity index (χ3v) is 6.78. The number of thiazole rings is 1. The van der Waals surface area contributed by atoms with E-state index in [2.05, 4.69) is 11.9 Å². The minimum absolute atomic E-state index is 0.0439. The molecule has 4 aromatic rings. The van der Waals surface area contributed by atoms with E-state index >= 15 is 0 Å². The van der Waals surface area contributed by atoms with Crippen molar-refractivity contribution in [3.8, 4) is 5.75 Å². The first kappa shape index (κ1) is 21.9. The van der Waals surface area contributed by atoms with Gasteiger partial charge < -0.3 is 14.3 Å². The first-order chi connectivity index (χ1) is 16.5. The van der Waals surface area contributed by atoms with Crippen LogP contribution in [0.4, 0.5) is 5.13 Å². The molecule has 0 fully saturated rings. The molecule has 1 atom stereocenters. The number of aromatic nitrogens is 1. The number of ketones is 1. The van der Waals surface area contributed by atoms with Crippen LogP contribution in [0.2, 0.25) is 0 Å². The summed E-state index contributed by atoms with van der Waals surface area (Å²) in [6.07, 6.45) is 2.26. The predicted octanol–water partition coefficient (Wildman–Crippen LogP) is 5.63. The molecule has 0 radical (unpaired) electrons. The zero-order chi connectivity index (χ0) is 23.8. The number of anilines is 1. The Labute approximate surface area is 199 Å². The van der Waals surface area contributed by atoms with Crippen molar-refractivity contribution in [2.24, 2.45) is 0 Å². The van der Waals surface area contributed by atoms with Crippen LogP contribution in [0.1, 0.15) is 41.6 Å². The Morgan fingerprint density at radius 1 is 1.18 bits per heavy atom. The molecule has 0 spiro atoms. The van der Waals surface area contributed by atoms with Crippen molar-refractivity contribution < 1.29 is 23.8 Å². The molecule has 3 heterocycles. The van der Waals surface area contributed by atoms with Gasteiger partial charge in [0.15, 0.2) is 16.7 Å². The molecule has 1 aliphatic heterocycles. The second-order valence-corrected chi connectivity index (χ2v) is 8.81. The number of ether oxygens (including phenoxy) is 1. The van der Waals surface area contributed by atoms with Gasteiger partial charge >= 0.3 is 0 Å². The van der Waals surface area contributed by atoms with Gasteiger partial charge in [-0.05, 0) is 60.9 Å². The largest absolute Gasteiger partial charge is 0.503 e. The minimum Gasteiger partial charge on any atom is -0.503 e. The van der Waals surface area contributed by atoms with E-state index in [0.29, 0.717) is 23.1 Å². The van der Waals surface area contributed by atoms with Crippen molar-refractivity contribution >= 4 is 38.4 Å². The van der Waals surface area contributed by atoms with Gasteiger partial charge in [0.25, 0.3) is 5.91 Å². The lowest BCUT2D eigenvalue weighted by Gasteiger charge is -2.24.